The first-order valence-electron chi connectivity index (χ1n) is 8.57. The molecule has 1 unspecified atom stereocenters. The number of sulfonamides is 1. The topological polar surface area (TPSA) is 110 Å². The average molecular weight is 392 g/mol. The first kappa shape index (κ1) is 20.2. The van der Waals surface area contributed by atoms with E-state index >= 15 is 0 Å². The molecule has 1 aromatic rings. The van der Waals surface area contributed by atoms with E-state index in [1.54, 1.807) is 4.31 Å². The Labute approximate surface area is 154 Å². The highest BCUT2D eigenvalue weighted by molar-refractivity contribution is 7.89. The van der Waals surface area contributed by atoms with Gasteiger partial charge in [-0.25, -0.2) is 13.4 Å². The highest BCUT2D eigenvalue weighted by Gasteiger charge is 2.36. The zero-order valence-corrected chi connectivity index (χ0v) is 15.8. The standard InChI is InChI=1S/C15H25N5O3S.ClH/c16-7-6-14(21)18-10-12-4-1-2-9-20(12)24(22,23)15-11-17-13-5-3-8-19(13)15;/h11-12H,1-10,16H2,(H,18,21);1H. The first-order chi connectivity index (χ1) is 11.5. The molecule has 3 rings (SSSR count). The summed E-state index contributed by atoms with van der Waals surface area (Å²) in [5, 5.41) is 3.09. The minimum atomic E-state index is -3.60. The molecule has 1 saturated heterocycles. The number of hydrogen-bond donors (Lipinski definition) is 2. The summed E-state index contributed by atoms with van der Waals surface area (Å²) in [7, 11) is -3.60. The van der Waals surface area contributed by atoms with Gasteiger partial charge in [0.1, 0.15) is 5.82 Å². The van der Waals surface area contributed by atoms with Crippen LogP contribution in [0.15, 0.2) is 11.2 Å². The Morgan fingerprint density at radius 2 is 2.12 bits per heavy atom. The summed E-state index contributed by atoms with van der Waals surface area (Å²) in [6, 6.07) is -0.210. The molecule has 2 aliphatic rings. The zero-order chi connectivity index (χ0) is 17.2. The van der Waals surface area contributed by atoms with Gasteiger partial charge in [-0.3, -0.25) is 4.79 Å². The molecule has 142 valence electrons. The predicted molar refractivity (Wildman–Crippen MR) is 96.0 cm³/mol. The number of aromatic nitrogens is 2. The summed E-state index contributed by atoms with van der Waals surface area (Å²) in [6.07, 6.45) is 6.06. The SMILES string of the molecule is Cl.NCCC(=O)NCC1CCCCN1S(=O)(=O)c1cnc2n1CCC2. The van der Waals surface area contributed by atoms with Crippen LogP contribution < -0.4 is 11.1 Å². The quantitative estimate of drug-likeness (QED) is 0.722. The Balaban J connectivity index is 0.00000225. The number of aryl methyl sites for hydroxylation is 1. The fourth-order valence-electron chi connectivity index (χ4n) is 3.50. The highest BCUT2D eigenvalue weighted by Crippen LogP contribution is 2.27. The Kier molecular flexibility index (Phi) is 6.84. The maximum Gasteiger partial charge on any atom is 0.260 e. The summed E-state index contributed by atoms with van der Waals surface area (Å²) < 4.78 is 29.6. The van der Waals surface area contributed by atoms with E-state index in [0.29, 0.717) is 26.2 Å². The van der Waals surface area contributed by atoms with Crippen LogP contribution >= 0.6 is 12.4 Å². The van der Waals surface area contributed by atoms with E-state index in [0.717, 1.165) is 37.9 Å². The van der Waals surface area contributed by atoms with Gasteiger partial charge in [-0.05, 0) is 19.3 Å². The van der Waals surface area contributed by atoms with Crippen molar-refractivity contribution in [2.75, 3.05) is 19.6 Å². The minimum Gasteiger partial charge on any atom is -0.354 e. The number of rotatable bonds is 6. The van der Waals surface area contributed by atoms with E-state index in [2.05, 4.69) is 10.3 Å². The maximum absolute atomic E-state index is 13.1. The molecule has 3 N–H and O–H groups in total. The zero-order valence-electron chi connectivity index (χ0n) is 14.2. The third kappa shape index (κ3) is 4.16. The third-order valence-electron chi connectivity index (χ3n) is 4.74. The Morgan fingerprint density at radius 3 is 2.88 bits per heavy atom. The van der Waals surface area contributed by atoms with E-state index in [9.17, 15) is 13.2 Å². The van der Waals surface area contributed by atoms with Crippen LogP contribution in [0.4, 0.5) is 0 Å². The molecule has 8 nitrogen and oxygen atoms in total. The molecule has 0 saturated carbocycles. The van der Waals surface area contributed by atoms with Crippen LogP contribution in [0.25, 0.3) is 0 Å². The van der Waals surface area contributed by atoms with Gasteiger partial charge in [0.15, 0.2) is 5.03 Å². The Bertz CT molecular complexity index is 706. The molecule has 25 heavy (non-hydrogen) atoms. The van der Waals surface area contributed by atoms with Gasteiger partial charge >= 0.3 is 0 Å². The number of piperidine rings is 1. The van der Waals surface area contributed by atoms with Gasteiger partial charge in [0.05, 0.1) is 6.20 Å². The van der Waals surface area contributed by atoms with Crippen LogP contribution in [-0.4, -0.2) is 53.9 Å². The number of nitrogens with zero attached hydrogens (tertiary/aromatic N) is 3. The summed E-state index contributed by atoms with van der Waals surface area (Å²) in [6.45, 7) is 1.81. The number of hydrogen-bond acceptors (Lipinski definition) is 5. The van der Waals surface area contributed by atoms with Crippen molar-refractivity contribution in [3.63, 3.8) is 0 Å². The summed E-state index contributed by atoms with van der Waals surface area (Å²) in [5.74, 6) is 0.712. The molecule has 0 aromatic carbocycles. The van der Waals surface area contributed by atoms with Gasteiger partial charge in [0.25, 0.3) is 10.0 Å². The Hall–Kier alpha value is -1.16. The van der Waals surface area contributed by atoms with E-state index in [1.165, 1.54) is 6.20 Å². The number of nitrogens with one attached hydrogen (secondary N) is 1. The van der Waals surface area contributed by atoms with Gasteiger partial charge in [-0.1, -0.05) is 6.42 Å². The summed E-state index contributed by atoms with van der Waals surface area (Å²) >= 11 is 0. The number of imidazole rings is 1. The van der Waals surface area contributed by atoms with Crippen molar-refractivity contribution in [3.8, 4) is 0 Å². The molecule has 1 aromatic heterocycles. The maximum atomic E-state index is 13.1. The van der Waals surface area contributed by atoms with Crippen molar-refractivity contribution in [2.24, 2.45) is 5.73 Å². The van der Waals surface area contributed by atoms with Crippen molar-refractivity contribution < 1.29 is 13.2 Å². The molecule has 1 fully saturated rings. The minimum absolute atomic E-state index is 0. The van der Waals surface area contributed by atoms with E-state index in [-0.39, 0.29) is 35.8 Å². The van der Waals surface area contributed by atoms with Gasteiger partial charge in [0.2, 0.25) is 5.91 Å². The number of carbonyl (C=O) groups excluding carboxylic acids is 1. The number of nitrogens with two attached hydrogens (primary N) is 1. The lowest BCUT2D eigenvalue weighted by atomic mass is 10.1. The van der Waals surface area contributed by atoms with Gasteiger partial charge in [-0.2, -0.15) is 4.31 Å². The van der Waals surface area contributed by atoms with Crippen LogP contribution in [0, 0.1) is 0 Å². The largest absolute Gasteiger partial charge is 0.354 e. The molecule has 0 aliphatic carbocycles. The van der Waals surface area contributed by atoms with Gasteiger partial charge in [-0.15, -0.1) is 12.4 Å². The second-order valence-corrected chi connectivity index (χ2v) is 8.21. The molecular formula is C15H26ClN5O3S. The molecule has 0 radical (unpaired) electrons. The van der Waals surface area contributed by atoms with Crippen LogP contribution in [0.2, 0.25) is 0 Å². The number of amides is 1. The molecule has 3 heterocycles. The smallest absolute Gasteiger partial charge is 0.260 e. The molecule has 1 amide bonds. The normalized spacial score (nSPS) is 20.8. The number of halogens is 1. The highest BCUT2D eigenvalue weighted by atomic mass is 35.5. The fourth-order valence-corrected chi connectivity index (χ4v) is 5.35. The predicted octanol–water partition coefficient (Wildman–Crippen LogP) is 0.259. The molecule has 0 spiro atoms. The molecule has 2 aliphatic heterocycles. The van der Waals surface area contributed by atoms with Crippen LogP contribution in [0.3, 0.4) is 0 Å². The van der Waals surface area contributed by atoms with Crippen LogP contribution in [0.5, 0.6) is 0 Å². The second-order valence-electron chi connectivity index (χ2n) is 6.38. The van der Waals surface area contributed by atoms with E-state index in [4.69, 9.17) is 5.73 Å². The van der Waals surface area contributed by atoms with Gasteiger partial charge in [0, 0.05) is 45.1 Å². The first-order valence-corrected chi connectivity index (χ1v) is 10.0. The summed E-state index contributed by atoms with van der Waals surface area (Å²) in [5.41, 5.74) is 5.37. The van der Waals surface area contributed by atoms with Crippen molar-refractivity contribution in [2.45, 2.75) is 56.1 Å². The summed E-state index contributed by atoms with van der Waals surface area (Å²) in [4.78, 5) is 15.9. The average Bonchev–Trinajstić information content (AvgIpc) is 3.16. The van der Waals surface area contributed by atoms with Gasteiger partial charge < -0.3 is 15.6 Å². The number of carbonyl (C=O) groups is 1. The van der Waals surface area contributed by atoms with Crippen molar-refractivity contribution in [1.29, 1.82) is 0 Å². The molecule has 1 atom stereocenters. The Morgan fingerprint density at radius 1 is 1.32 bits per heavy atom. The number of fused-ring (bicyclic) bond motifs is 1. The molecule has 0 bridgehead atoms. The fraction of sp³-hybridized carbons (Fsp3) is 0.733. The molecular weight excluding hydrogens is 366 g/mol. The lowest BCUT2D eigenvalue weighted by Gasteiger charge is -2.34. The third-order valence-corrected chi connectivity index (χ3v) is 6.69. The van der Waals surface area contributed by atoms with Crippen molar-refractivity contribution in [3.05, 3.63) is 12.0 Å². The van der Waals surface area contributed by atoms with Crippen LogP contribution in [0.1, 0.15) is 37.9 Å². The van der Waals surface area contributed by atoms with E-state index in [1.807, 2.05) is 4.57 Å². The lowest BCUT2D eigenvalue weighted by Crippen LogP contribution is -2.49. The van der Waals surface area contributed by atoms with E-state index < -0.39 is 10.0 Å². The monoisotopic (exact) mass is 391 g/mol. The van der Waals surface area contributed by atoms with Crippen LogP contribution in [-0.2, 0) is 27.8 Å². The second kappa shape index (κ2) is 8.48. The molecule has 10 heteroatoms. The lowest BCUT2D eigenvalue weighted by molar-refractivity contribution is -0.121. The van der Waals surface area contributed by atoms with Crippen molar-refractivity contribution >= 4 is 28.3 Å². The van der Waals surface area contributed by atoms with Crippen molar-refractivity contribution in [1.82, 2.24) is 19.2 Å².